The molecule has 0 atom stereocenters. The van der Waals surface area contributed by atoms with Gasteiger partial charge in [0.15, 0.2) is 0 Å². The Kier molecular flexibility index (Phi) is 6.31. The Morgan fingerprint density at radius 1 is 1.16 bits per heavy atom. The summed E-state index contributed by atoms with van der Waals surface area (Å²) in [6, 6.07) is 3.55. The third-order valence-electron chi connectivity index (χ3n) is 3.35. The largest absolute Gasteiger partial charge is 0.492 e. The summed E-state index contributed by atoms with van der Waals surface area (Å²) in [7, 11) is 0. The molecule has 2 aromatic heterocycles. The minimum atomic E-state index is -0.410. The molecule has 0 unspecified atom stereocenters. The Labute approximate surface area is 152 Å². The number of hydrogen-bond acceptors (Lipinski definition) is 6. The van der Waals surface area contributed by atoms with Crippen molar-refractivity contribution in [2.75, 3.05) is 13.2 Å². The summed E-state index contributed by atoms with van der Waals surface area (Å²) in [6.07, 6.45) is 5.19. The van der Waals surface area contributed by atoms with Gasteiger partial charge in [0, 0.05) is 11.1 Å². The van der Waals surface area contributed by atoms with Crippen molar-refractivity contribution < 1.29 is 14.3 Å². The highest BCUT2D eigenvalue weighted by atomic mass is 32.1. The van der Waals surface area contributed by atoms with E-state index in [-0.39, 0.29) is 5.41 Å². The van der Waals surface area contributed by atoms with Gasteiger partial charge in [0.05, 0.1) is 30.7 Å². The molecule has 0 N–H and O–H groups in total. The summed E-state index contributed by atoms with van der Waals surface area (Å²) in [4.78, 5) is 22.3. The number of hydrogen-bond donors (Lipinski definition) is 0. The number of aromatic nitrogens is 2. The summed E-state index contributed by atoms with van der Waals surface area (Å²) >= 11 is 1.56. The van der Waals surface area contributed by atoms with E-state index in [9.17, 15) is 4.79 Å². The average molecular weight is 360 g/mol. The molecule has 2 rings (SSSR count). The molecule has 0 aliphatic carbocycles. The van der Waals surface area contributed by atoms with E-state index in [0.29, 0.717) is 30.2 Å². The summed E-state index contributed by atoms with van der Waals surface area (Å²) < 4.78 is 10.6. The average Bonchev–Trinajstić information content (AvgIpc) is 3.03. The summed E-state index contributed by atoms with van der Waals surface area (Å²) in [6.45, 7) is 11.0. The third-order valence-corrected chi connectivity index (χ3v) is 4.72. The molecule has 134 valence electrons. The zero-order chi connectivity index (χ0) is 18.4. The van der Waals surface area contributed by atoms with Gasteiger partial charge in [-0.15, -0.1) is 11.3 Å². The van der Waals surface area contributed by atoms with Gasteiger partial charge in [-0.1, -0.05) is 20.8 Å². The zero-order valence-electron chi connectivity index (χ0n) is 15.3. The quantitative estimate of drug-likeness (QED) is 0.566. The Bertz CT molecular complexity index is 743. The van der Waals surface area contributed by atoms with Crippen LogP contribution in [0.5, 0.6) is 5.75 Å². The van der Waals surface area contributed by atoms with Crippen LogP contribution in [0.2, 0.25) is 0 Å². The van der Waals surface area contributed by atoms with Crippen LogP contribution in [0.25, 0.3) is 11.6 Å². The van der Waals surface area contributed by atoms with Crippen molar-refractivity contribution in [1.29, 1.82) is 0 Å². The first-order chi connectivity index (χ1) is 11.8. The van der Waals surface area contributed by atoms with Gasteiger partial charge in [0.2, 0.25) is 0 Å². The molecule has 0 bridgehead atoms. The minimum Gasteiger partial charge on any atom is -0.492 e. The highest BCUT2D eigenvalue weighted by Gasteiger charge is 2.19. The van der Waals surface area contributed by atoms with Crippen molar-refractivity contribution in [1.82, 2.24) is 9.97 Å². The van der Waals surface area contributed by atoms with Gasteiger partial charge in [-0.25, -0.2) is 9.78 Å². The fourth-order valence-electron chi connectivity index (χ4n) is 2.06. The van der Waals surface area contributed by atoms with E-state index in [2.05, 4.69) is 30.7 Å². The maximum atomic E-state index is 12.4. The molecule has 0 spiro atoms. The molecule has 0 saturated carbocycles. The van der Waals surface area contributed by atoms with Crippen LogP contribution in [0.15, 0.2) is 24.5 Å². The Morgan fingerprint density at radius 3 is 2.44 bits per heavy atom. The number of pyridine rings is 1. The molecule has 2 heterocycles. The second-order valence-electron chi connectivity index (χ2n) is 6.40. The highest BCUT2D eigenvalue weighted by molar-refractivity contribution is 7.12. The first-order valence-electron chi connectivity index (χ1n) is 8.29. The van der Waals surface area contributed by atoms with Crippen molar-refractivity contribution in [2.45, 2.75) is 40.0 Å². The summed E-state index contributed by atoms with van der Waals surface area (Å²) in [5.41, 5.74) is 0.944. The summed E-state index contributed by atoms with van der Waals surface area (Å²) in [5, 5.41) is 0.753. The fraction of sp³-hybridized carbons (Fsp3) is 0.421. The van der Waals surface area contributed by atoms with Crippen molar-refractivity contribution in [3.05, 3.63) is 40.1 Å². The van der Waals surface area contributed by atoms with Crippen LogP contribution in [0.4, 0.5) is 0 Å². The van der Waals surface area contributed by atoms with Gasteiger partial charge in [-0.3, -0.25) is 4.98 Å². The van der Waals surface area contributed by atoms with Crippen LogP contribution >= 0.6 is 11.3 Å². The second-order valence-corrected chi connectivity index (χ2v) is 7.47. The number of carbonyl (C=O) groups is 1. The van der Waals surface area contributed by atoms with Gasteiger partial charge in [-0.2, -0.15) is 0 Å². The molecule has 0 amide bonds. The smallest absolute Gasteiger partial charge is 0.340 e. The van der Waals surface area contributed by atoms with Crippen LogP contribution in [-0.2, 0) is 14.9 Å². The van der Waals surface area contributed by atoms with E-state index in [1.165, 1.54) is 0 Å². The molecule has 0 radical (unpaired) electrons. The number of rotatable bonds is 6. The van der Waals surface area contributed by atoms with Crippen molar-refractivity contribution in [3.8, 4) is 5.75 Å². The normalized spacial score (nSPS) is 12.1. The van der Waals surface area contributed by atoms with E-state index in [0.717, 1.165) is 9.88 Å². The molecule has 5 nitrogen and oxygen atoms in total. The maximum absolute atomic E-state index is 12.4. The lowest BCUT2D eigenvalue weighted by Crippen LogP contribution is -2.08. The predicted molar refractivity (Wildman–Crippen MR) is 101 cm³/mol. The Morgan fingerprint density at radius 2 is 1.92 bits per heavy atom. The standard InChI is InChI=1S/C19H24N2O3S/c1-6-23-13-8-9-15(20-11-13)14(18(22)24-7-2)10-17-21-12-16(25-17)19(3,4)5/h8-12H,6-7H2,1-5H3/b14-10-. The number of nitrogens with zero attached hydrogens (tertiary/aromatic N) is 2. The van der Waals surface area contributed by atoms with E-state index in [1.807, 2.05) is 13.1 Å². The van der Waals surface area contributed by atoms with Crippen LogP contribution in [-0.4, -0.2) is 29.2 Å². The molecule has 6 heteroatoms. The molecule has 0 aromatic carbocycles. The topological polar surface area (TPSA) is 61.3 Å². The Hall–Kier alpha value is -2.21. The van der Waals surface area contributed by atoms with Crippen LogP contribution in [0.1, 0.15) is 50.2 Å². The molecular formula is C19H24N2O3S. The number of carbonyl (C=O) groups excluding carboxylic acids is 1. The Balaban J connectivity index is 2.38. The molecule has 25 heavy (non-hydrogen) atoms. The van der Waals surface area contributed by atoms with Crippen LogP contribution in [0, 0.1) is 0 Å². The minimum absolute atomic E-state index is 0.0191. The van der Waals surface area contributed by atoms with Crippen LogP contribution < -0.4 is 4.74 Å². The highest BCUT2D eigenvalue weighted by Crippen LogP contribution is 2.30. The molecule has 0 aliphatic rings. The molecule has 0 fully saturated rings. The maximum Gasteiger partial charge on any atom is 0.340 e. The van der Waals surface area contributed by atoms with E-state index >= 15 is 0 Å². The number of ether oxygens (including phenoxy) is 2. The second kappa shape index (κ2) is 8.25. The van der Waals surface area contributed by atoms with E-state index in [4.69, 9.17) is 9.47 Å². The lowest BCUT2D eigenvalue weighted by Gasteiger charge is -2.14. The molecule has 0 aliphatic heterocycles. The lowest BCUT2D eigenvalue weighted by molar-refractivity contribution is -0.136. The van der Waals surface area contributed by atoms with Gasteiger partial charge < -0.3 is 9.47 Å². The zero-order valence-corrected chi connectivity index (χ0v) is 16.1. The molecular weight excluding hydrogens is 336 g/mol. The van der Waals surface area contributed by atoms with Gasteiger partial charge in [0.1, 0.15) is 10.8 Å². The van der Waals surface area contributed by atoms with Crippen molar-refractivity contribution in [2.24, 2.45) is 0 Å². The predicted octanol–water partition coefficient (Wildman–Crippen LogP) is 4.34. The molecule has 2 aromatic rings. The van der Waals surface area contributed by atoms with E-state index < -0.39 is 5.97 Å². The monoisotopic (exact) mass is 360 g/mol. The van der Waals surface area contributed by atoms with E-state index in [1.54, 1.807) is 42.7 Å². The number of esters is 1. The lowest BCUT2D eigenvalue weighted by atomic mass is 9.96. The van der Waals surface area contributed by atoms with Crippen molar-refractivity contribution in [3.63, 3.8) is 0 Å². The fourth-order valence-corrected chi connectivity index (χ4v) is 2.98. The van der Waals surface area contributed by atoms with Gasteiger partial charge in [-0.05, 0) is 37.5 Å². The van der Waals surface area contributed by atoms with Crippen LogP contribution in [0.3, 0.4) is 0 Å². The first kappa shape index (κ1) is 19.1. The first-order valence-corrected chi connectivity index (χ1v) is 9.11. The summed E-state index contributed by atoms with van der Waals surface area (Å²) in [5.74, 6) is 0.255. The SMILES string of the molecule is CCOC(=O)/C(=C\c1ncc(C(C)(C)C)s1)c1ccc(OCC)cn1. The molecule has 0 saturated heterocycles. The van der Waals surface area contributed by atoms with Gasteiger partial charge >= 0.3 is 5.97 Å². The van der Waals surface area contributed by atoms with Crippen molar-refractivity contribution >= 4 is 29.0 Å². The van der Waals surface area contributed by atoms with Gasteiger partial charge in [0.25, 0.3) is 0 Å². The third kappa shape index (κ3) is 5.13. The number of thiazole rings is 1.